The molecule has 0 atom stereocenters. The molecular formula is C30H25N7O3. The molecule has 0 saturated carbocycles. The largest absolute Gasteiger partial charge is 0.494 e. The van der Waals surface area contributed by atoms with Crippen molar-refractivity contribution in [3.63, 3.8) is 0 Å². The van der Waals surface area contributed by atoms with Gasteiger partial charge in [-0.1, -0.05) is 36.4 Å². The van der Waals surface area contributed by atoms with E-state index in [9.17, 15) is 9.59 Å². The van der Waals surface area contributed by atoms with Crippen molar-refractivity contribution in [2.45, 2.75) is 19.9 Å². The highest BCUT2D eigenvalue weighted by Crippen LogP contribution is 2.35. The zero-order valence-electron chi connectivity index (χ0n) is 22.0. The number of Topliss-reactive ketones (excluding diaryl/α,β-unsaturated/α-hetero) is 1. The first-order chi connectivity index (χ1) is 19.6. The summed E-state index contributed by atoms with van der Waals surface area (Å²) in [5, 5.41) is 5.81. The van der Waals surface area contributed by atoms with Crippen LogP contribution in [0.3, 0.4) is 0 Å². The number of ketones is 1. The number of ether oxygens (including phenoxy) is 1. The maximum absolute atomic E-state index is 13.7. The number of aromatic nitrogens is 6. The molecule has 0 bridgehead atoms. The van der Waals surface area contributed by atoms with Gasteiger partial charge in [0.15, 0.2) is 5.82 Å². The monoisotopic (exact) mass is 531 g/mol. The molecule has 10 heteroatoms. The molecular weight excluding hydrogens is 506 g/mol. The Morgan fingerprint density at radius 3 is 2.60 bits per heavy atom. The molecule has 40 heavy (non-hydrogen) atoms. The molecule has 0 unspecified atom stereocenters. The lowest BCUT2D eigenvalue weighted by Crippen LogP contribution is -2.40. The molecule has 0 aliphatic carbocycles. The van der Waals surface area contributed by atoms with Gasteiger partial charge in [-0.05, 0) is 25.1 Å². The molecule has 2 aromatic carbocycles. The molecule has 4 aromatic heterocycles. The molecule has 0 saturated heterocycles. The van der Waals surface area contributed by atoms with E-state index in [1.54, 1.807) is 15.8 Å². The van der Waals surface area contributed by atoms with Crippen molar-refractivity contribution in [2.75, 3.05) is 13.7 Å². The molecule has 1 aliphatic rings. The van der Waals surface area contributed by atoms with E-state index in [0.717, 1.165) is 27.8 Å². The first-order valence-corrected chi connectivity index (χ1v) is 13.0. The summed E-state index contributed by atoms with van der Waals surface area (Å²) in [5.41, 5.74) is 5.16. The molecule has 0 radical (unpaired) electrons. The smallest absolute Gasteiger partial charge is 0.295 e. The van der Waals surface area contributed by atoms with Gasteiger partial charge in [-0.3, -0.25) is 9.59 Å². The Kier molecular flexibility index (Phi) is 5.48. The van der Waals surface area contributed by atoms with Gasteiger partial charge in [-0.25, -0.2) is 9.97 Å². The van der Waals surface area contributed by atoms with Gasteiger partial charge in [0, 0.05) is 48.0 Å². The summed E-state index contributed by atoms with van der Waals surface area (Å²) in [6, 6.07) is 18.4. The van der Waals surface area contributed by atoms with Crippen LogP contribution in [0.2, 0.25) is 0 Å². The molecule has 0 spiro atoms. The van der Waals surface area contributed by atoms with Crippen LogP contribution in [-0.4, -0.2) is 59.5 Å². The number of amides is 1. The summed E-state index contributed by atoms with van der Waals surface area (Å²) in [6.45, 7) is 2.60. The fourth-order valence-corrected chi connectivity index (χ4v) is 5.72. The zero-order valence-corrected chi connectivity index (χ0v) is 22.0. The molecule has 198 valence electrons. The van der Waals surface area contributed by atoms with Crippen molar-refractivity contribution >= 4 is 33.5 Å². The number of fused-ring (bicyclic) bond motifs is 4. The Labute approximate surface area is 228 Å². The van der Waals surface area contributed by atoms with E-state index in [1.165, 1.54) is 19.6 Å². The van der Waals surface area contributed by atoms with Crippen molar-refractivity contribution in [3.8, 4) is 17.3 Å². The van der Waals surface area contributed by atoms with Gasteiger partial charge in [-0.2, -0.15) is 9.78 Å². The molecule has 1 N–H and O–H groups in total. The van der Waals surface area contributed by atoms with Gasteiger partial charge in [0.25, 0.3) is 11.7 Å². The van der Waals surface area contributed by atoms with Gasteiger partial charge >= 0.3 is 0 Å². The normalized spacial score (nSPS) is 13.1. The van der Waals surface area contributed by atoms with Crippen molar-refractivity contribution in [1.82, 2.24) is 34.2 Å². The zero-order chi connectivity index (χ0) is 27.4. The van der Waals surface area contributed by atoms with Crippen LogP contribution >= 0.6 is 0 Å². The van der Waals surface area contributed by atoms with Crippen LogP contribution < -0.4 is 4.74 Å². The number of nitrogens with one attached hydrogen (secondary N) is 1. The average Bonchev–Trinajstić information content (AvgIpc) is 3.72. The lowest BCUT2D eigenvalue weighted by molar-refractivity contribution is -0.127. The highest BCUT2D eigenvalue weighted by Gasteiger charge is 2.32. The van der Waals surface area contributed by atoms with Crippen molar-refractivity contribution in [2.24, 2.45) is 0 Å². The minimum Gasteiger partial charge on any atom is -0.494 e. The number of hydrogen-bond donors (Lipinski definition) is 1. The van der Waals surface area contributed by atoms with Gasteiger partial charge < -0.3 is 19.2 Å². The Bertz CT molecular complexity index is 1930. The highest BCUT2D eigenvalue weighted by molar-refractivity contribution is 6.45. The van der Waals surface area contributed by atoms with Gasteiger partial charge in [0.05, 0.1) is 35.3 Å². The van der Waals surface area contributed by atoms with Crippen molar-refractivity contribution in [3.05, 3.63) is 96.0 Å². The van der Waals surface area contributed by atoms with Crippen LogP contribution in [0.1, 0.15) is 27.4 Å². The SMILES string of the molecule is COc1cnc(-n2ncnc2C)c2[nH]cc(C(=O)C(=O)N3CCc4c(c5ccccc5n4-c4ccccc4)C3)c12. The quantitative estimate of drug-likeness (QED) is 0.264. The lowest BCUT2D eigenvalue weighted by Gasteiger charge is -2.28. The number of methoxy groups -OCH3 is 1. The lowest BCUT2D eigenvalue weighted by atomic mass is 10.0. The van der Waals surface area contributed by atoms with E-state index < -0.39 is 11.7 Å². The number of rotatable bonds is 5. The number of benzene rings is 2. The number of aryl methyl sites for hydroxylation is 1. The second-order valence-corrected chi connectivity index (χ2v) is 9.74. The third-order valence-electron chi connectivity index (χ3n) is 7.59. The molecule has 7 rings (SSSR count). The summed E-state index contributed by atoms with van der Waals surface area (Å²) >= 11 is 0. The maximum atomic E-state index is 13.7. The molecule has 0 fully saturated rings. The van der Waals surface area contributed by atoms with Gasteiger partial charge in [-0.15, -0.1) is 0 Å². The number of pyridine rings is 1. The third kappa shape index (κ3) is 3.53. The Morgan fingerprint density at radius 2 is 1.82 bits per heavy atom. The summed E-state index contributed by atoms with van der Waals surface area (Å²) in [6.07, 6.45) is 5.14. The number of aromatic amines is 1. The van der Waals surface area contributed by atoms with E-state index in [2.05, 4.69) is 48.9 Å². The fourth-order valence-electron chi connectivity index (χ4n) is 5.72. The summed E-state index contributed by atoms with van der Waals surface area (Å²) in [4.78, 5) is 40.8. The minimum atomic E-state index is -0.604. The average molecular weight is 532 g/mol. The third-order valence-corrected chi connectivity index (χ3v) is 7.59. The number of H-pyrrole nitrogens is 1. The van der Waals surface area contributed by atoms with Crippen molar-refractivity contribution in [1.29, 1.82) is 0 Å². The molecule has 6 aromatic rings. The number of carbonyl (C=O) groups is 2. The van der Waals surface area contributed by atoms with Crippen LogP contribution in [0.25, 0.3) is 33.3 Å². The van der Waals surface area contributed by atoms with Crippen LogP contribution in [0.5, 0.6) is 5.75 Å². The van der Waals surface area contributed by atoms with E-state index in [1.807, 2.05) is 37.3 Å². The summed E-state index contributed by atoms with van der Waals surface area (Å²) in [7, 11) is 1.51. The van der Waals surface area contributed by atoms with E-state index in [4.69, 9.17) is 4.74 Å². The first kappa shape index (κ1) is 23.8. The topological polar surface area (TPSA) is 111 Å². The van der Waals surface area contributed by atoms with E-state index in [0.29, 0.717) is 47.8 Å². The van der Waals surface area contributed by atoms with Crippen molar-refractivity contribution < 1.29 is 14.3 Å². The Morgan fingerprint density at radius 1 is 1.02 bits per heavy atom. The summed E-state index contributed by atoms with van der Waals surface area (Å²) in [5.74, 6) is 0.332. The van der Waals surface area contributed by atoms with E-state index in [-0.39, 0.29) is 5.56 Å². The molecule has 5 heterocycles. The van der Waals surface area contributed by atoms with Crippen LogP contribution in [0.4, 0.5) is 0 Å². The van der Waals surface area contributed by atoms with Crippen LogP contribution in [0, 0.1) is 6.92 Å². The highest BCUT2D eigenvalue weighted by atomic mass is 16.5. The number of nitrogens with zero attached hydrogens (tertiary/aromatic N) is 6. The molecule has 10 nitrogen and oxygen atoms in total. The maximum Gasteiger partial charge on any atom is 0.295 e. The second kappa shape index (κ2) is 9.19. The minimum absolute atomic E-state index is 0.232. The van der Waals surface area contributed by atoms with Crippen LogP contribution in [0.15, 0.2) is 73.3 Å². The molecule has 1 amide bonds. The predicted molar refractivity (Wildman–Crippen MR) is 149 cm³/mol. The standard InChI is InChI=1S/C30H25N7O3/c1-18-33-17-34-37(18)29-27-26(25(40-2)15-32-29)21(14-31-27)28(38)30(39)35-13-12-24-22(16-35)20-10-6-7-11-23(20)36(24)19-8-4-3-5-9-19/h3-11,14-15,17,31H,12-13,16H2,1-2H3. The van der Waals surface area contributed by atoms with Gasteiger partial charge in [0.2, 0.25) is 0 Å². The van der Waals surface area contributed by atoms with Gasteiger partial charge in [0.1, 0.15) is 17.9 Å². The van der Waals surface area contributed by atoms with Crippen LogP contribution in [-0.2, 0) is 17.8 Å². The number of hydrogen-bond acceptors (Lipinski definition) is 6. The fraction of sp³-hybridized carbons (Fsp3) is 0.167. The molecule has 1 aliphatic heterocycles. The summed E-state index contributed by atoms with van der Waals surface area (Å²) < 4.78 is 9.37. The number of carbonyl (C=O) groups excluding carboxylic acids is 2. The first-order valence-electron chi connectivity index (χ1n) is 13.0. The Balaban J connectivity index is 1.26. The predicted octanol–water partition coefficient (Wildman–Crippen LogP) is 4.17. The van der Waals surface area contributed by atoms with E-state index >= 15 is 0 Å². The second-order valence-electron chi connectivity index (χ2n) is 9.74. The Hall–Kier alpha value is -5.25. The number of para-hydroxylation sites is 2.